The van der Waals surface area contributed by atoms with E-state index >= 15 is 0 Å². The van der Waals surface area contributed by atoms with Gasteiger partial charge in [-0.2, -0.15) is 10.4 Å². The van der Waals surface area contributed by atoms with E-state index in [2.05, 4.69) is 5.10 Å². The molecule has 0 saturated carbocycles. The lowest BCUT2D eigenvalue weighted by Crippen LogP contribution is -2.08. The molecule has 5 heteroatoms. The number of ether oxygens (including phenoxy) is 1. The summed E-state index contributed by atoms with van der Waals surface area (Å²) in [5.41, 5.74) is 1.74. The summed E-state index contributed by atoms with van der Waals surface area (Å²) in [5, 5.41) is 12.7. The highest BCUT2D eigenvalue weighted by Crippen LogP contribution is 2.14. The molecule has 0 fully saturated rings. The number of aryl methyl sites for hydroxylation is 1. The Morgan fingerprint density at radius 1 is 1.60 bits per heavy atom. The summed E-state index contributed by atoms with van der Waals surface area (Å²) < 4.78 is 6.41. The first-order valence-corrected chi connectivity index (χ1v) is 4.69. The quantitative estimate of drug-likeness (QED) is 0.698. The lowest BCUT2D eigenvalue weighted by atomic mass is 10.2. The Balaban J connectivity index is 3.08. The third-order valence-corrected chi connectivity index (χ3v) is 2.08. The van der Waals surface area contributed by atoms with Gasteiger partial charge in [-0.05, 0) is 20.8 Å². The Kier molecular flexibility index (Phi) is 3.45. The van der Waals surface area contributed by atoms with Gasteiger partial charge in [0.15, 0.2) is 0 Å². The number of nitriles is 1. The minimum atomic E-state index is -0.378. The van der Waals surface area contributed by atoms with Crippen LogP contribution in [-0.4, -0.2) is 22.4 Å². The van der Waals surface area contributed by atoms with Gasteiger partial charge in [-0.3, -0.25) is 4.68 Å². The van der Waals surface area contributed by atoms with Gasteiger partial charge >= 0.3 is 5.97 Å². The second kappa shape index (κ2) is 4.60. The lowest BCUT2D eigenvalue weighted by molar-refractivity contribution is 0.0524. The van der Waals surface area contributed by atoms with E-state index in [1.807, 2.05) is 6.07 Å². The van der Waals surface area contributed by atoms with Crippen molar-refractivity contribution in [1.29, 1.82) is 5.26 Å². The lowest BCUT2D eigenvalue weighted by Gasteiger charge is -2.01. The van der Waals surface area contributed by atoms with Gasteiger partial charge in [0, 0.05) is 0 Å². The zero-order valence-corrected chi connectivity index (χ0v) is 9.07. The van der Waals surface area contributed by atoms with Crippen LogP contribution in [0, 0.1) is 25.2 Å². The molecule has 15 heavy (non-hydrogen) atoms. The normalized spacial score (nSPS) is 9.73. The molecular weight excluding hydrogens is 194 g/mol. The monoisotopic (exact) mass is 207 g/mol. The molecule has 0 radical (unpaired) electrons. The van der Waals surface area contributed by atoms with Gasteiger partial charge in [-0.1, -0.05) is 0 Å². The Bertz CT molecular complexity index is 415. The van der Waals surface area contributed by atoms with Gasteiger partial charge in [-0.25, -0.2) is 4.79 Å². The number of nitrogens with zero attached hydrogens (tertiary/aromatic N) is 3. The third kappa shape index (κ3) is 2.15. The number of esters is 1. The molecule has 1 aromatic heterocycles. The average Bonchev–Trinajstić information content (AvgIpc) is 2.43. The SMILES string of the molecule is CCOC(=O)c1c(C)nn(CC#N)c1C. The molecule has 1 aromatic rings. The molecule has 0 bridgehead atoms. The fourth-order valence-corrected chi connectivity index (χ4v) is 1.42. The first-order valence-electron chi connectivity index (χ1n) is 4.69. The number of aromatic nitrogens is 2. The van der Waals surface area contributed by atoms with Crippen molar-refractivity contribution in [3.63, 3.8) is 0 Å². The first-order chi connectivity index (χ1) is 7.11. The van der Waals surface area contributed by atoms with Crippen molar-refractivity contribution in [3.05, 3.63) is 17.0 Å². The maximum Gasteiger partial charge on any atom is 0.341 e. The summed E-state index contributed by atoms with van der Waals surface area (Å²) in [7, 11) is 0. The van der Waals surface area contributed by atoms with Crippen LogP contribution in [0.5, 0.6) is 0 Å². The van der Waals surface area contributed by atoms with Crippen LogP contribution >= 0.6 is 0 Å². The van der Waals surface area contributed by atoms with Gasteiger partial charge in [-0.15, -0.1) is 0 Å². The molecule has 0 unspecified atom stereocenters. The smallest absolute Gasteiger partial charge is 0.341 e. The van der Waals surface area contributed by atoms with Crippen LogP contribution in [0.3, 0.4) is 0 Å². The van der Waals surface area contributed by atoms with E-state index in [0.717, 1.165) is 0 Å². The number of hydrogen-bond donors (Lipinski definition) is 0. The largest absolute Gasteiger partial charge is 0.462 e. The van der Waals surface area contributed by atoms with E-state index in [-0.39, 0.29) is 12.5 Å². The second-order valence-corrected chi connectivity index (χ2v) is 3.08. The van der Waals surface area contributed by atoms with Crippen LogP contribution in [-0.2, 0) is 11.3 Å². The van der Waals surface area contributed by atoms with Crippen LogP contribution in [0.15, 0.2) is 0 Å². The fraction of sp³-hybridized carbons (Fsp3) is 0.500. The molecule has 0 aliphatic carbocycles. The summed E-state index contributed by atoms with van der Waals surface area (Å²) in [6, 6.07) is 1.98. The second-order valence-electron chi connectivity index (χ2n) is 3.08. The molecule has 5 nitrogen and oxygen atoms in total. The Morgan fingerprint density at radius 3 is 2.80 bits per heavy atom. The molecule has 0 aliphatic rings. The van der Waals surface area contributed by atoms with Crippen LogP contribution < -0.4 is 0 Å². The Labute approximate surface area is 88.3 Å². The van der Waals surface area contributed by atoms with Gasteiger partial charge in [0.1, 0.15) is 12.1 Å². The Morgan fingerprint density at radius 2 is 2.27 bits per heavy atom. The highest BCUT2D eigenvalue weighted by Gasteiger charge is 2.19. The van der Waals surface area contributed by atoms with E-state index in [1.54, 1.807) is 20.8 Å². The number of hydrogen-bond acceptors (Lipinski definition) is 4. The molecule has 1 heterocycles. The molecule has 0 amide bonds. The van der Waals surface area contributed by atoms with Crippen molar-refractivity contribution < 1.29 is 9.53 Å². The summed E-state index contributed by atoms with van der Waals surface area (Å²) in [5.74, 6) is -0.378. The zero-order chi connectivity index (χ0) is 11.4. The van der Waals surface area contributed by atoms with E-state index in [9.17, 15) is 4.79 Å². The Hall–Kier alpha value is -1.83. The third-order valence-electron chi connectivity index (χ3n) is 2.08. The first kappa shape index (κ1) is 11.2. The highest BCUT2D eigenvalue weighted by atomic mass is 16.5. The van der Waals surface area contributed by atoms with Gasteiger partial charge < -0.3 is 4.74 Å². The van der Waals surface area contributed by atoms with Crippen LogP contribution in [0.2, 0.25) is 0 Å². The van der Waals surface area contributed by atoms with Gasteiger partial charge in [0.25, 0.3) is 0 Å². The predicted octanol–water partition coefficient (Wildman–Crippen LogP) is 1.20. The highest BCUT2D eigenvalue weighted by molar-refractivity contribution is 5.91. The summed E-state index contributed by atoms with van der Waals surface area (Å²) in [4.78, 5) is 11.5. The van der Waals surface area contributed by atoms with Crippen LogP contribution in [0.4, 0.5) is 0 Å². The molecule has 0 saturated heterocycles. The molecule has 0 spiro atoms. The van der Waals surface area contributed by atoms with Crippen molar-refractivity contribution in [1.82, 2.24) is 9.78 Å². The molecule has 0 aliphatic heterocycles. The predicted molar refractivity (Wildman–Crippen MR) is 53.3 cm³/mol. The topological polar surface area (TPSA) is 67.9 Å². The average molecular weight is 207 g/mol. The molecular formula is C10H13N3O2. The number of carbonyl (C=O) groups is 1. The van der Waals surface area contributed by atoms with E-state index in [4.69, 9.17) is 10.00 Å². The van der Waals surface area contributed by atoms with Crippen molar-refractivity contribution in [2.75, 3.05) is 6.61 Å². The minimum Gasteiger partial charge on any atom is -0.462 e. The number of carbonyl (C=O) groups excluding carboxylic acids is 1. The van der Waals surface area contributed by atoms with E-state index in [0.29, 0.717) is 23.6 Å². The molecule has 0 aromatic carbocycles. The summed E-state index contributed by atoms with van der Waals surface area (Å²) >= 11 is 0. The molecule has 0 N–H and O–H groups in total. The molecule has 80 valence electrons. The van der Waals surface area contributed by atoms with Crippen molar-refractivity contribution in [2.45, 2.75) is 27.3 Å². The zero-order valence-electron chi connectivity index (χ0n) is 9.07. The molecule has 0 atom stereocenters. The summed E-state index contributed by atoms with van der Waals surface area (Å²) in [6.45, 7) is 5.71. The van der Waals surface area contributed by atoms with Crippen LogP contribution in [0.25, 0.3) is 0 Å². The van der Waals surface area contributed by atoms with E-state index in [1.165, 1.54) is 4.68 Å². The van der Waals surface area contributed by atoms with Gasteiger partial charge in [0.05, 0.1) is 24.1 Å². The van der Waals surface area contributed by atoms with Crippen molar-refractivity contribution in [2.24, 2.45) is 0 Å². The van der Waals surface area contributed by atoms with E-state index < -0.39 is 0 Å². The van der Waals surface area contributed by atoms with Crippen LogP contribution in [0.1, 0.15) is 28.7 Å². The van der Waals surface area contributed by atoms with Gasteiger partial charge in [0.2, 0.25) is 0 Å². The standard InChI is InChI=1S/C10H13N3O2/c1-4-15-10(14)9-7(2)12-13(6-5-11)8(9)3/h4,6H2,1-3H3. The summed E-state index contributed by atoms with van der Waals surface area (Å²) in [6.07, 6.45) is 0. The molecule has 1 rings (SSSR count). The van der Waals surface area contributed by atoms with Crippen molar-refractivity contribution >= 4 is 5.97 Å². The maximum atomic E-state index is 11.5. The maximum absolute atomic E-state index is 11.5. The van der Waals surface area contributed by atoms with Crippen molar-refractivity contribution in [3.8, 4) is 6.07 Å². The fourth-order valence-electron chi connectivity index (χ4n) is 1.42. The number of rotatable bonds is 3. The minimum absolute atomic E-state index is 0.145.